The number of hydrogen-bond donors (Lipinski definition) is 0. The zero-order chi connectivity index (χ0) is 11.7. The number of nitrogens with zero attached hydrogens (tertiary/aromatic N) is 2. The van der Waals surface area contributed by atoms with Crippen LogP contribution in [0.5, 0.6) is 0 Å². The van der Waals surface area contributed by atoms with E-state index >= 15 is 0 Å². The molecule has 0 spiro atoms. The van der Waals surface area contributed by atoms with Crippen LogP contribution in [-0.4, -0.2) is 9.97 Å². The summed E-state index contributed by atoms with van der Waals surface area (Å²) in [6, 6.07) is 1.99. The van der Waals surface area contributed by atoms with Crippen LogP contribution in [-0.2, 0) is 6.42 Å². The lowest BCUT2D eigenvalue weighted by Gasteiger charge is -2.06. The van der Waals surface area contributed by atoms with Crippen molar-refractivity contribution >= 4 is 38.9 Å². The number of rotatable bonds is 2. The fourth-order valence-corrected chi connectivity index (χ4v) is 3.10. The van der Waals surface area contributed by atoms with Crippen molar-refractivity contribution < 1.29 is 0 Å². The van der Waals surface area contributed by atoms with Crippen LogP contribution in [0, 0.1) is 6.92 Å². The highest BCUT2D eigenvalue weighted by atomic mass is 79.9. The molecule has 2 nitrogen and oxygen atoms in total. The maximum atomic E-state index is 6.11. The maximum absolute atomic E-state index is 6.11. The first-order valence-electron chi connectivity index (χ1n) is 4.89. The van der Waals surface area contributed by atoms with Crippen LogP contribution in [0.2, 0.25) is 5.15 Å². The van der Waals surface area contributed by atoms with Crippen LogP contribution in [0.25, 0.3) is 10.7 Å². The Morgan fingerprint density at radius 2 is 2.19 bits per heavy atom. The van der Waals surface area contributed by atoms with Crippen LogP contribution in [0.1, 0.15) is 18.2 Å². The van der Waals surface area contributed by atoms with E-state index < -0.39 is 0 Å². The number of hydrogen-bond acceptors (Lipinski definition) is 3. The SMILES string of the molecule is CCc1nc(-c2sccc2Br)nc(Cl)c1C. The minimum absolute atomic E-state index is 0.544. The highest BCUT2D eigenvalue weighted by molar-refractivity contribution is 9.10. The van der Waals surface area contributed by atoms with Gasteiger partial charge in [0.05, 0.1) is 4.88 Å². The Balaban J connectivity index is 2.59. The van der Waals surface area contributed by atoms with Crippen LogP contribution in [0.15, 0.2) is 15.9 Å². The molecule has 0 aromatic carbocycles. The molecule has 0 unspecified atom stereocenters. The summed E-state index contributed by atoms with van der Waals surface area (Å²) >= 11 is 11.2. The van der Waals surface area contributed by atoms with E-state index in [1.807, 2.05) is 18.4 Å². The molecule has 0 aliphatic carbocycles. The fraction of sp³-hybridized carbons (Fsp3) is 0.273. The van der Waals surface area contributed by atoms with Gasteiger partial charge in [-0.3, -0.25) is 0 Å². The molecule has 0 bridgehead atoms. The molecule has 0 aliphatic heterocycles. The summed E-state index contributed by atoms with van der Waals surface area (Å²) in [4.78, 5) is 9.88. The second-order valence-electron chi connectivity index (χ2n) is 3.36. The van der Waals surface area contributed by atoms with Gasteiger partial charge < -0.3 is 0 Å². The Labute approximate surface area is 112 Å². The van der Waals surface area contributed by atoms with E-state index in [1.54, 1.807) is 11.3 Å². The topological polar surface area (TPSA) is 25.8 Å². The Morgan fingerprint density at radius 3 is 2.75 bits per heavy atom. The lowest BCUT2D eigenvalue weighted by molar-refractivity contribution is 0.978. The van der Waals surface area contributed by atoms with Crippen molar-refractivity contribution in [3.8, 4) is 10.7 Å². The van der Waals surface area contributed by atoms with E-state index in [2.05, 4.69) is 32.8 Å². The van der Waals surface area contributed by atoms with Crippen molar-refractivity contribution in [3.63, 3.8) is 0 Å². The third-order valence-corrected chi connectivity index (χ3v) is 4.54. The smallest absolute Gasteiger partial charge is 0.172 e. The minimum atomic E-state index is 0.544. The molecule has 5 heteroatoms. The summed E-state index contributed by atoms with van der Waals surface area (Å²) < 4.78 is 1.01. The van der Waals surface area contributed by atoms with Gasteiger partial charge in [-0.15, -0.1) is 11.3 Å². The van der Waals surface area contributed by atoms with Gasteiger partial charge in [-0.2, -0.15) is 0 Å². The summed E-state index contributed by atoms with van der Waals surface area (Å²) in [6.45, 7) is 4.02. The molecule has 0 atom stereocenters. The molecule has 2 heterocycles. The molecule has 0 saturated carbocycles. The highest BCUT2D eigenvalue weighted by Gasteiger charge is 2.12. The molecular formula is C11H10BrClN2S. The van der Waals surface area contributed by atoms with Gasteiger partial charge in [-0.25, -0.2) is 9.97 Å². The molecule has 2 aromatic rings. The highest BCUT2D eigenvalue weighted by Crippen LogP contribution is 2.32. The second kappa shape index (κ2) is 4.82. The zero-order valence-corrected chi connectivity index (χ0v) is 12.1. The Hall–Kier alpha value is -0.450. The van der Waals surface area contributed by atoms with Gasteiger partial charge in [-0.1, -0.05) is 18.5 Å². The number of aromatic nitrogens is 2. The van der Waals surface area contributed by atoms with Gasteiger partial charge in [-0.05, 0) is 40.7 Å². The molecule has 0 fully saturated rings. The summed E-state index contributed by atoms with van der Waals surface area (Å²) in [5.41, 5.74) is 1.98. The molecular weight excluding hydrogens is 308 g/mol. The van der Waals surface area contributed by atoms with Crippen LogP contribution >= 0.6 is 38.9 Å². The fourth-order valence-electron chi connectivity index (χ4n) is 1.43. The van der Waals surface area contributed by atoms with E-state index in [1.165, 1.54) is 0 Å². The van der Waals surface area contributed by atoms with Crippen molar-refractivity contribution in [1.29, 1.82) is 0 Å². The van der Waals surface area contributed by atoms with E-state index in [9.17, 15) is 0 Å². The Morgan fingerprint density at radius 1 is 1.44 bits per heavy atom. The summed E-state index contributed by atoms with van der Waals surface area (Å²) in [7, 11) is 0. The number of aryl methyl sites for hydroxylation is 1. The van der Waals surface area contributed by atoms with Crippen molar-refractivity contribution in [2.75, 3.05) is 0 Å². The molecule has 0 amide bonds. The van der Waals surface area contributed by atoms with Gasteiger partial charge in [0.2, 0.25) is 0 Å². The van der Waals surface area contributed by atoms with Crippen LogP contribution in [0.4, 0.5) is 0 Å². The first-order chi connectivity index (χ1) is 7.63. The van der Waals surface area contributed by atoms with Crippen molar-refractivity contribution in [1.82, 2.24) is 9.97 Å². The van der Waals surface area contributed by atoms with Gasteiger partial charge >= 0.3 is 0 Å². The van der Waals surface area contributed by atoms with E-state index in [0.717, 1.165) is 27.0 Å². The number of halogens is 2. The zero-order valence-electron chi connectivity index (χ0n) is 8.92. The molecule has 2 aromatic heterocycles. The third-order valence-electron chi connectivity index (χ3n) is 2.34. The number of thiophene rings is 1. The van der Waals surface area contributed by atoms with Gasteiger partial charge in [0.15, 0.2) is 5.82 Å². The second-order valence-corrected chi connectivity index (χ2v) is 5.49. The average Bonchev–Trinajstić information content (AvgIpc) is 2.68. The summed E-state index contributed by atoms with van der Waals surface area (Å²) in [5, 5.41) is 2.55. The van der Waals surface area contributed by atoms with E-state index in [0.29, 0.717) is 11.0 Å². The molecule has 0 radical (unpaired) electrons. The van der Waals surface area contributed by atoms with Crippen LogP contribution < -0.4 is 0 Å². The Kier molecular flexibility index (Phi) is 3.62. The third kappa shape index (κ3) is 2.14. The van der Waals surface area contributed by atoms with Crippen molar-refractivity contribution in [2.45, 2.75) is 20.3 Å². The monoisotopic (exact) mass is 316 g/mol. The molecule has 16 heavy (non-hydrogen) atoms. The Bertz CT molecular complexity index is 525. The largest absolute Gasteiger partial charge is 0.232 e. The van der Waals surface area contributed by atoms with Crippen molar-refractivity contribution in [2.24, 2.45) is 0 Å². The lowest BCUT2D eigenvalue weighted by Crippen LogP contribution is -1.98. The predicted molar refractivity (Wildman–Crippen MR) is 72.2 cm³/mol. The van der Waals surface area contributed by atoms with Gasteiger partial charge in [0.1, 0.15) is 5.15 Å². The van der Waals surface area contributed by atoms with E-state index in [4.69, 9.17) is 11.6 Å². The van der Waals surface area contributed by atoms with Gasteiger partial charge in [0.25, 0.3) is 0 Å². The van der Waals surface area contributed by atoms with E-state index in [-0.39, 0.29) is 0 Å². The predicted octanol–water partition coefficient (Wildman–Crippen LogP) is 4.49. The lowest BCUT2D eigenvalue weighted by atomic mass is 10.2. The van der Waals surface area contributed by atoms with Gasteiger partial charge in [0, 0.05) is 15.7 Å². The first kappa shape index (κ1) is 12.0. The maximum Gasteiger partial charge on any atom is 0.172 e. The van der Waals surface area contributed by atoms with Crippen LogP contribution in [0.3, 0.4) is 0 Å². The standard InChI is InChI=1S/C11H10BrClN2S/c1-3-8-6(2)10(13)15-11(14-8)9-7(12)4-5-16-9/h4-5H,3H2,1-2H3. The first-order valence-corrected chi connectivity index (χ1v) is 6.95. The molecule has 0 aliphatic rings. The minimum Gasteiger partial charge on any atom is -0.232 e. The average molecular weight is 318 g/mol. The summed E-state index contributed by atoms with van der Waals surface area (Å²) in [5.74, 6) is 0.703. The molecule has 0 N–H and O–H groups in total. The molecule has 0 saturated heterocycles. The molecule has 2 rings (SSSR count). The quantitative estimate of drug-likeness (QED) is 0.763. The van der Waals surface area contributed by atoms with Crippen molar-refractivity contribution in [3.05, 3.63) is 32.3 Å². The normalized spacial score (nSPS) is 10.8. The molecule has 84 valence electrons. The summed E-state index contributed by atoms with van der Waals surface area (Å²) in [6.07, 6.45) is 0.865.